The van der Waals surface area contributed by atoms with Crippen LogP contribution in [0.2, 0.25) is 0 Å². The van der Waals surface area contributed by atoms with Crippen molar-refractivity contribution >= 4 is 0 Å². The molecule has 10 heavy (non-hydrogen) atoms. The van der Waals surface area contributed by atoms with Crippen molar-refractivity contribution in [2.24, 2.45) is 0 Å². The number of hydrogen-bond donors (Lipinski definition) is 2. The van der Waals surface area contributed by atoms with Gasteiger partial charge in [0.25, 0.3) is 0 Å². The van der Waals surface area contributed by atoms with Gasteiger partial charge in [0, 0.05) is 6.42 Å². The Bertz CT molecular complexity index is 105. The van der Waals surface area contributed by atoms with Crippen LogP contribution in [0.15, 0.2) is 0 Å². The Hall–Kier alpha value is -0.120. The fraction of sp³-hybridized carbons (Fsp3) is 1.00. The van der Waals surface area contributed by atoms with Crippen LogP contribution in [0.5, 0.6) is 0 Å². The van der Waals surface area contributed by atoms with Crippen molar-refractivity contribution in [1.82, 2.24) is 0 Å². The van der Waals surface area contributed by atoms with Crippen molar-refractivity contribution in [2.75, 3.05) is 6.61 Å². The van der Waals surface area contributed by atoms with Gasteiger partial charge in [0.05, 0.1) is 24.9 Å². The van der Waals surface area contributed by atoms with E-state index in [4.69, 9.17) is 9.84 Å². The lowest BCUT2D eigenvalue weighted by Crippen LogP contribution is -2.40. The van der Waals surface area contributed by atoms with Crippen LogP contribution in [0.1, 0.15) is 19.8 Å². The van der Waals surface area contributed by atoms with Crippen LogP contribution < -0.4 is 0 Å². The Balaban J connectivity index is 2.36. The molecule has 1 saturated heterocycles. The highest BCUT2D eigenvalue weighted by Crippen LogP contribution is 2.16. The van der Waals surface area contributed by atoms with Crippen LogP contribution in [-0.4, -0.2) is 35.1 Å². The van der Waals surface area contributed by atoms with Gasteiger partial charge in [-0.05, 0) is 6.42 Å². The number of rotatable bonds is 1. The average molecular weight is 146 g/mol. The van der Waals surface area contributed by atoms with Gasteiger partial charge < -0.3 is 14.9 Å². The van der Waals surface area contributed by atoms with E-state index in [1.807, 2.05) is 6.92 Å². The fourth-order valence-electron chi connectivity index (χ4n) is 1.23. The van der Waals surface area contributed by atoms with E-state index in [9.17, 15) is 5.11 Å². The zero-order valence-corrected chi connectivity index (χ0v) is 6.16. The van der Waals surface area contributed by atoms with Gasteiger partial charge in [0.15, 0.2) is 0 Å². The standard InChI is InChI=1S/C7H14O3/c1-2-7-6(9)3-5(8)4-10-7/h5-9H,2-4H2,1H3/t5-,6+,7?/m1/s1. The largest absolute Gasteiger partial charge is 0.391 e. The Morgan fingerprint density at radius 2 is 2.20 bits per heavy atom. The quantitative estimate of drug-likeness (QED) is 0.543. The number of aliphatic hydroxyl groups excluding tert-OH is 2. The summed E-state index contributed by atoms with van der Waals surface area (Å²) in [7, 11) is 0. The fourth-order valence-corrected chi connectivity index (χ4v) is 1.23. The minimum atomic E-state index is -0.478. The molecular formula is C7H14O3. The highest BCUT2D eigenvalue weighted by atomic mass is 16.5. The van der Waals surface area contributed by atoms with Gasteiger partial charge in [-0.25, -0.2) is 0 Å². The first-order chi connectivity index (χ1) is 4.74. The lowest BCUT2D eigenvalue weighted by Gasteiger charge is -2.30. The second kappa shape index (κ2) is 3.32. The molecule has 60 valence electrons. The van der Waals surface area contributed by atoms with Crippen LogP contribution >= 0.6 is 0 Å². The first-order valence-electron chi connectivity index (χ1n) is 3.71. The molecule has 0 aliphatic carbocycles. The highest BCUT2D eigenvalue weighted by molar-refractivity contribution is 4.76. The Morgan fingerprint density at radius 3 is 2.70 bits per heavy atom. The maximum absolute atomic E-state index is 9.25. The summed E-state index contributed by atoms with van der Waals surface area (Å²) < 4.78 is 5.15. The Kier molecular flexibility index (Phi) is 2.65. The summed E-state index contributed by atoms with van der Waals surface area (Å²) in [5, 5.41) is 18.3. The van der Waals surface area contributed by atoms with E-state index in [1.165, 1.54) is 0 Å². The van der Waals surface area contributed by atoms with Crippen LogP contribution in [0.3, 0.4) is 0 Å². The number of ether oxygens (including phenoxy) is 1. The molecule has 1 aliphatic heterocycles. The van der Waals surface area contributed by atoms with Gasteiger partial charge in [-0.2, -0.15) is 0 Å². The minimum Gasteiger partial charge on any atom is -0.391 e. The maximum Gasteiger partial charge on any atom is 0.0833 e. The van der Waals surface area contributed by atoms with Crippen LogP contribution in [0, 0.1) is 0 Å². The molecule has 3 atom stereocenters. The summed E-state index contributed by atoms with van der Waals surface area (Å²) in [4.78, 5) is 0. The lowest BCUT2D eigenvalue weighted by molar-refractivity contribution is -0.123. The molecule has 0 bridgehead atoms. The van der Waals surface area contributed by atoms with Crippen molar-refractivity contribution in [1.29, 1.82) is 0 Å². The molecule has 0 aromatic rings. The van der Waals surface area contributed by atoms with Gasteiger partial charge in [-0.15, -0.1) is 0 Å². The minimum absolute atomic E-state index is 0.0663. The number of aliphatic hydroxyl groups is 2. The average Bonchev–Trinajstić information content (AvgIpc) is 1.88. The molecule has 1 rings (SSSR count). The molecule has 3 heteroatoms. The topological polar surface area (TPSA) is 49.7 Å². The molecule has 1 heterocycles. The third kappa shape index (κ3) is 1.68. The SMILES string of the molecule is CCC1OC[C@H](O)C[C@@H]1O. The second-order valence-electron chi connectivity index (χ2n) is 2.74. The van der Waals surface area contributed by atoms with Crippen molar-refractivity contribution < 1.29 is 14.9 Å². The molecule has 0 aromatic carbocycles. The number of hydrogen-bond acceptors (Lipinski definition) is 3. The third-order valence-electron chi connectivity index (χ3n) is 1.85. The molecule has 1 aliphatic rings. The van der Waals surface area contributed by atoms with E-state index in [0.717, 1.165) is 6.42 Å². The first-order valence-corrected chi connectivity index (χ1v) is 3.71. The van der Waals surface area contributed by atoms with Crippen LogP contribution in [-0.2, 0) is 4.74 Å². The van der Waals surface area contributed by atoms with Crippen LogP contribution in [0.25, 0.3) is 0 Å². The molecule has 0 saturated carbocycles. The van der Waals surface area contributed by atoms with Crippen molar-refractivity contribution in [3.8, 4) is 0 Å². The predicted octanol–water partition coefficient (Wildman–Crippen LogP) is -0.0929. The molecular weight excluding hydrogens is 132 g/mol. The molecule has 2 N–H and O–H groups in total. The second-order valence-corrected chi connectivity index (χ2v) is 2.74. The van der Waals surface area contributed by atoms with E-state index in [0.29, 0.717) is 13.0 Å². The van der Waals surface area contributed by atoms with Crippen molar-refractivity contribution in [3.05, 3.63) is 0 Å². The van der Waals surface area contributed by atoms with E-state index in [2.05, 4.69) is 0 Å². The molecule has 0 amide bonds. The van der Waals surface area contributed by atoms with E-state index < -0.39 is 12.2 Å². The molecule has 0 aromatic heterocycles. The third-order valence-corrected chi connectivity index (χ3v) is 1.85. The van der Waals surface area contributed by atoms with Crippen molar-refractivity contribution in [3.63, 3.8) is 0 Å². The zero-order chi connectivity index (χ0) is 7.56. The van der Waals surface area contributed by atoms with E-state index >= 15 is 0 Å². The molecule has 0 spiro atoms. The summed E-state index contributed by atoms with van der Waals surface area (Å²) in [5.41, 5.74) is 0. The molecule has 3 nitrogen and oxygen atoms in total. The Labute approximate surface area is 60.6 Å². The Morgan fingerprint density at radius 1 is 1.50 bits per heavy atom. The van der Waals surface area contributed by atoms with Crippen molar-refractivity contribution in [2.45, 2.75) is 38.1 Å². The van der Waals surface area contributed by atoms with E-state index in [-0.39, 0.29) is 6.10 Å². The molecule has 1 fully saturated rings. The van der Waals surface area contributed by atoms with E-state index in [1.54, 1.807) is 0 Å². The van der Waals surface area contributed by atoms with Crippen LogP contribution in [0.4, 0.5) is 0 Å². The molecule has 1 unspecified atom stereocenters. The predicted molar refractivity (Wildman–Crippen MR) is 36.7 cm³/mol. The maximum atomic E-state index is 9.25. The molecule has 0 radical (unpaired) electrons. The first kappa shape index (κ1) is 7.98. The summed E-state index contributed by atoms with van der Waals surface area (Å²) >= 11 is 0. The monoisotopic (exact) mass is 146 g/mol. The lowest BCUT2D eigenvalue weighted by atomic mass is 10.0. The summed E-state index contributed by atoms with van der Waals surface area (Å²) in [6.07, 6.45) is 0.252. The highest BCUT2D eigenvalue weighted by Gasteiger charge is 2.26. The van der Waals surface area contributed by atoms with Gasteiger partial charge in [-0.3, -0.25) is 0 Å². The summed E-state index contributed by atoms with van der Waals surface area (Å²) in [5.74, 6) is 0. The van der Waals surface area contributed by atoms with Gasteiger partial charge in [0.2, 0.25) is 0 Å². The van der Waals surface area contributed by atoms with Gasteiger partial charge in [0.1, 0.15) is 0 Å². The summed E-state index contributed by atoms with van der Waals surface area (Å²) in [6, 6.07) is 0. The normalized spacial score (nSPS) is 41.7. The zero-order valence-electron chi connectivity index (χ0n) is 6.16. The van der Waals surface area contributed by atoms with Gasteiger partial charge >= 0.3 is 0 Å². The van der Waals surface area contributed by atoms with Gasteiger partial charge in [-0.1, -0.05) is 6.92 Å². The smallest absolute Gasteiger partial charge is 0.0833 e. The summed E-state index contributed by atoms with van der Waals surface area (Å²) in [6.45, 7) is 2.33.